The van der Waals surface area contributed by atoms with Crippen LogP contribution < -0.4 is 21.2 Å². The molecule has 0 atom stereocenters. The molecule has 0 heterocycles. The van der Waals surface area contributed by atoms with Crippen LogP contribution in [-0.2, 0) is 11.0 Å². The SMILES string of the molecule is Cl.N#Cc1ccc(NC(=O)C(F)(F)F)c(C[PH](c2ccccc2)(c2ccccc2)c2ccccc2)c1. The molecule has 0 aliphatic rings. The van der Waals surface area contributed by atoms with Gasteiger partial charge in [0, 0.05) is 0 Å². The van der Waals surface area contributed by atoms with Crippen molar-refractivity contribution in [2.45, 2.75) is 12.3 Å². The van der Waals surface area contributed by atoms with Crippen LogP contribution in [0.5, 0.6) is 0 Å². The summed E-state index contributed by atoms with van der Waals surface area (Å²) in [5.41, 5.74) is 0.831. The van der Waals surface area contributed by atoms with Crippen molar-refractivity contribution in [1.29, 1.82) is 5.26 Å². The zero-order valence-electron chi connectivity index (χ0n) is 19.0. The number of amides is 1. The number of nitrogens with zero attached hydrogens (tertiary/aromatic N) is 1. The number of rotatable bonds is 6. The van der Waals surface area contributed by atoms with Gasteiger partial charge in [0.05, 0.1) is 0 Å². The van der Waals surface area contributed by atoms with Gasteiger partial charge in [0.15, 0.2) is 0 Å². The summed E-state index contributed by atoms with van der Waals surface area (Å²) in [5.74, 6) is -2.05. The fourth-order valence-corrected chi connectivity index (χ4v) is 9.15. The third-order valence-electron chi connectivity index (χ3n) is 6.00. The van der Waals surface area contributed by atoms with Gasteiger partial charge in [0.2, 0.25) is 0 Å². The zero-order valence-corrected chi connectivity index (χ0v) is 20.8. The van der Waals surface area contributed by atoms with Gasteiger partial charge in [-0.1, -0.05) is 0 Å². The Balaban J connectivity index is 0.00000361. The molecule has 1 amide bonds. The molecule has 4 aromatic rings. The second-order valence-corrected chi connectivity index (χ2v) is 12.0. The average Bonchev–Trinajstić information content (AvgIpc) is 2.89. The van der Waals surface area contributed by atoms with Gasteiger partial charge in [-0.15, -0.1) is 12.4 Å². The van der Waals surface area contributed by atoms with Crippen molar-refractivity contribution in [1.82, 2.24) is 0 Å². The Morgan fingerprint density at radius 2 is 1.22 bits per heavy atom. The molecule has 0 aliphatic heterocycles. The second-order valence-electron chi connectivity index (χ2n) is 8.12. The molecule has 4 aromatic carbocycles. The summed E-state index contributed by atoms with van der Waals surface area (Å²) in [6.45, 7) is 0. The molecule has 0 spiro atoms. The minimum absolute atomic E-state index is 0. The molecule has 3 nitrogen and oxygen atoms in total. The number of carbonyl (C=O) groups is 1. The maximum absolute atomic E-state index is 13.1. The predicted octanol–water partition coefficient (Wildman–Crippen LogP) is 5.71. The van der Waals surface area contributed by atoms with Crippen LogP contribution in [0.1, 0.15) is 11.1 Å². The van der Waals surface area contributed by atoms with Crippen molar-refractivity contribution >= 4 is 47.2 Å². The Labute approximate surface area is 214 Å². The molecule has 36 heavy (non-hydrogen) atoms. The molecule has 0 bridgehead atoms. The first-order valence-corrected chi connectivity index (χ1v) is 13.1. The van der Waals surface area contributed by atoms with Gasteiger partial charge in [0.25, 0.3) is 0 Å². The van der Waals surface area contributed by atoms with E-state index < -0.39 is 19.3 Å². The third-order valence-corrected chi connectivity index (χ3v) is 10.9. The molecule has 0 aromatic heterocycles. The van der Waals surface area contributed by atoms with Crippen molar-refractivity contribution in [2.24, 2.45) is 0 Å². The van der Waals surface area contributed by atoms with E-state index in [0.29, 0.717) is 17.3 Å². The van der Waals surface area contributed by atoms with Gasteiger partial charge >= 0.3 is 202 Å². The molecular formula is C28H23ClF3N2OP. The Bertz CT molecular complexity index is 1260. The summed E-state index contributed by atoms with van der Waals surface area (Å²) in [7, 11) is -2.87. The van der Waals surface area contributed by atoms with E-state index >= 15 is 0 Å². The summed E-state index contributed by atoms with van der Waals surface area (Å²) >= 11 is 0. The van der Waals surface area contributed by atoms with Crippen LogP contribution in [0.3, 0.4) is 0 Å². The van der Waals surface area contributed by atoms with Crippen LogP contribution in [0.15, 0.2) is 109 Å². The molecule has 0 saturated carbocycles. The number of alkyl halides is 3. The topological polar surface area (TPSA) is 52.9 Å². The average molecular weight is 527 g/mol. The van der Waals surface area contributed by atoms with Gasteiger partial charge in [-0.05, 0) is 0 Å². The fourth-order valence-electron chi connectivity index (χ4n) is 4.38. The van der Waals surface area contributed by atoms with E-state index in [1.54, 1.807) is 6.07 Å². The number of hydrogen-bond donors (Lipinski definition) is 1. The number of benzene rings is 4. The van der Waals surface area contributed by atoms with Crippen molar-refractivity contribution in [3.8, 4) is 6.07 Å². The van der Waals surface area contributed by atoms with Crippen molar-refractivity contribution in [3.05, 3.63) is 120 Å². The van der Waals surface area contributed by atoms with E-state index in [4.69, 9.17) is 0 Å². The molecule has 0 radical (unpaired) electrons. The number of nitrogens with one attached hydrogen (secondary N) is 1. The second kappa shape index (κ2) is 11.4. The van der Waals surface area contributed by atoms with Crippen LogP contribution in [0.4, 0.5) is 18.9 Å². The van der Waals surface area contributed by atoms with Gasteiger partial charge in [-0.25, -0.2) is 0 Å². The molecule has 4 rings (SSSR count). The first-order chi connectivity index (χ1) is 16.8. The maximum atomic E-state index is 13.1. The van der Waals surface area contributed by atoms with Gasteiger partial charge in [-0.3, -0.25) is 0 Å². The van der Waals surface area contributed by atoms with E-state index in [0.717, 1.165) is 15.9 Å². The molecule has 0 saturated heterocycles. The Morgan fingerprint density at radius 1 is 0.778 bits per heavy atom. The van der Waals surface area contributed by atoms with Crippen LogP contribution in [0, 0.1) is 11.3 Å². The molecule has 1 N–H and O–H groups in total. The first-order valence-electron chi connectivity index (χ1n) is 10.9. The normalized spacial score (nSPS) is 11.6. The summed E-state index contributed by atoms with van der Waals surface area (Å²) in [4.78, 5) is 11.8. The van der Waals surface area contributed by atoms with Crippen molar-refractivity contribution < 1.29 is 18.0 Å². The van der Waals surface area contributed by atoms with E-state index in [1.165, 1.54) is 12.1 Å². The van der Waals surface area contributed by atoms with Gasteiger partial charge in [0.1, 0.15) is 0 Å². The fraction of sp³-hybridized carbons (Fsp3) is 0.0714. The summed E-state index contributed by atoms with van der Waals surface area (Å²) in [6, 6.07) is 36.1. The molecule has 8 heteroatoms. The first kappa shape index (κ1) is 26.9. The van der Waals surface area contributed by atoms with E-state index in [2.05, 4.69) is 6.07 Å². The molecular weight excluding hydrogens is 504 g/mol. The number of anilines is 1. The molecule has 0 unspecified atom stereocenters. The van der Waals surface area contributed by atoms with E-state index in [1.807, 2.05) is 96.3 Å². The summed E-state index contributed by atoms with van der Waals surface area (Å²) in [6.07, 6.45) is -4.69. The minimum atomic E-state index is -5.03. The molecule has 184 valence electrons. The Morgan fingerprint density at radius 3 is 1.61 bits per heavy atom. The standard InChI is InChI=1S/C28H22F3N2OP.ClH/c29-28(30,31)27(34)33-26-17-16-21(19-32)18-22(26)20-35(23-10-4-1-5-11-23,24-12-6-2-7-13-24)25-14-8-3-9-15-25;/h1-18,35H,20H2,(H,33,34);1H. The number of hydrogen-bond acceptors (Lipinski definition) is 2. The molecule has 0 aliphatic carbocycles. The quantitative estimate of drug-likeness (QED) is 0.327. The van der Waals surface area contributed by atoms with Crippen molar-refractivity contribution in [3.63, 3.8) is 0 Å². The number of carbonyl (C=O) groups excluding carboxylic acids is 1. The number of nitriles is 1. The van der Waals surface area contributed by atoms with Crippen LogP contribution in [0.2, 0.25) is 0 Å². The van der Waals surface area contributed by atoms with Gasteiger partial charge in [-0.2, -0.15) is 0 Å². The Kier molecular flexibility index (Phi) is 8.53. The zero-order chi connectivity index (χ0) is 24.9. The summed E-state index contributed by atoms with van der Waals surface area (Å²) < 4.78 is 39.3. The summed E-state index contributed by atoms with van der Waals surface area (Å²) in [5, 5.41) is 14.7. The van der Waals surface area contributed by atoms with Crippen LogP contribution in [0.25, 0.3) is 0 Å². The van der Waals surface area contributed by atoms with Gasteiger partial charge < -0.3 is 0 Å². The van der Waals surface area contributed by atoms with Crippen LogP contribution >= 0.6 is 19.7 Å². The van der Waals surface area contributed by atoms with Crippen molar-refractivity contribution in [2.75, 3.05) is 5.32 Å². The molecule has 0 fully saturated rings. The predicted molar refractivity (Wildman–Crippen MR) is 143 cm³/mol. The Hall–Kier alpha value is -3.65. The third kappa shape index (κ3) is 5.60. The number of halogens is 4. The van der Waals surface area contributed by atoms with Crippen LogP contribution in [-0.4, -0.2) is 12.1 Å². The monoisotopic (exact) mass is 526 g/mol. The van der Waals surface area contributed by atoms with E-state index in [9.17, 15) is 23.2 Å². The van der Waals surface area contributed by atoms with E-state index in [-0.39, 0.29) is 18.1 Å².